The number of likely N-dealkylation sites (N-methyl/N-ethyl adjacent to an activating group) is 1. The maximum Gasteiger partial charge on any atom is 0.133 e. The van der Waals surface area contributed by atoms with E-state index < -0.39 is 0 Å². The van der Waals surface area contributed by atoms with Gasteiger partial charge in [0.15, 0.2) is 0 Å². The van der Waals surface area contributed by atoms with Crippen LogP contribution in [0.5, 0.6) is 0 Å². The quantitative estimate of drug-likeness (QED) is 0.564. The summed E-state index contributed by atoms with van der Waals surface area (Å²) >= 11 is 5.88. The lowest BCUT2D eigenvalue weighted by molar-refractivity contribution is 0.852. The van der Waals surface area contributed by atoms with Crippen LogP contribution in [0.3, 0.4) is 0 Å². The van der Waals surface area contributed by atoms with Crippen LogP contribution in [0.15, 0.2) is 30.5 Å². The Kier molecular flexibility index (Phi) is 4.63. The molecular weight excluding hydrogens is 208 g/mol. The molecule has 0 aliphatic carbocycles. The van der Waals surface area contributed by atoms with Crippen LogP contribution >= 0.6 is 11.6 Å². The zero-order chi connectivity index (χ0) is 11.3. The van der Waals surface area contributed by atoms with E-state index in [4.69, 9.17) is 11.6 Å². The second-order valence-corrected chi connectivity index (χ2v) is 3.86. The van der Waals surface area contributed by atoms with Gasteiger partial charge in [-0.1, -0.05) is 18.2 Å². The summed E-state index contributed by atoms with van der Waals surface area (Å²) in [5.74, 6) is 1.47. The number of aromatic nitrogens is 1. The fourth-order valence-corrected chi connectivity index (χ4v) is 1.69. The number of halogens is 1. The number of hydrogen-bond acceptors (Lipinski definition) is 2. The monoisotopic (exact) mass is 224 g/mol. The summed E-state index contributed by atoms with van der Waals surface area (Å²) in [4.78, 5) is 6.55. The molecule has 0 aliphatic rings. The van der Waals surface area contributed by atoms with Crippen LogP contribution in [0.2, 0.25) is 0 Å². The second kappa shape index (κ2) is 5.76. The van der Waals surface area contributed by atoms with Crippen LogP contribution < -0.4 is 4.90 Å². The SMILES string of the molecule is C=C(C)CN(CC)c1ncccc1CCl. The van der Waals surface area contributed by atoms with Gasteiger partial charge in [-0.2, -0.15) is 0 Å². The van der Waals surface area contributed by atoms with Gasteiger partial charge in [0.2, 0.25) is 0 Å². The second-order valence-electron chi connectivity index (χ2n) is 3.59. The Morgan fingerprint density at radius 2 is 2.33 bits per heavy atom. The first-order chi connectivity index (χ1) is 7.19. The number of pyridine rings is 1. The lowest BCUT2D eigenvalue weighted by atomic mass is 10.2. The standard InChI is InChI=1S/C12H17ClN2/c1-4-15(9-10(2)3)12-11(8-13)6-5-7-14-12/h5-7H,2,4,8-9H2,1,3H3. The summed E-state index contributed by atoms with van der Waals surface area (Å²) in [6.07, 6.45) is 1.80. The number of alkyl halides is 1. The van der Waals surface area contributed by atoms with E-state index in [-0.39, 0.29) is 0 Å². The van der Waals surface area contributed by atoms with Gasteiger partial charge < -0.3 is 4.90 Å². The normalized spacial score (nSPS) is 10.1. The predicted octanol–water partition coefficient (Wildman–Crippen LogP) is 3.22. The highest BCUT2D eigenvalue weighted by molar-refractivity contribution is 6.17. The number of hydrogen-bond donors (Lipinski definition) is 0. The van der Waals surface area contributed by atoms with Crippen molar-refractivity contribution in [2.24, 2.45) is 0 Å². The molecule has 0 saturated carbocycles. The molecule has 0 amide bonds. The number of nitrogens with zero attached hydrogens (tertiary/aromatic N) is 2. The molecule has 0 radical (unpaired) electrons. The molecule has 1 rings (SSSR count). The Hall–Kier alpha value is -1.02. The molecular formula is C12H17ClN2. The van der Waals surface area contributed by atoms with E-state index in [0.717, 1.165) is 30.0 Å². The van der Waals surface area contributed by atoms with Crippen LogP contribution in [0.1, 0.15) is 19.4 Å². The van der Waals surface area contributed by atoms with Crippen molar-refractivity contribution in [3.63, 3.8) is 0 Å². The summed E-state index contributed by atoms with van der Waals surface area (Å²) in [7, 11) is 0. The predicted molar refractivity (Wildman–Crippen MR) is 66.5 cm³/mol. The summed E-state index contributed by atoms with van der Waals surface area (Å²) in [6.45, 7) is 9.79. The molecule has 82 valence electrons. The van der Waals surface area contributed by atoms with Gasteiger partial charge in [-0.3, -0.25) is 0 Å². The Bertz CT molecular complexity index is 336. The first-order valence-corrected chi connectivity index (χ1v) is 5.61. The van der Waals surface area contributed by atoms with Crippen LogP contribution in [-0.4, -0.2) is 18.1 Å². The van der Waals surface area contributed by atoms with Crippen LogP contribution in [0.25, 0.3) is 0 Å². The minimum absolute atomic E-state index is 0.496. The molecule has 1 aromatic rings. The molecule has 0 unspecified atom stereocenters. The molecule has 2 nitrogen and oxygen atoms in total. The minimum Gasteiger partial charge on any atom is -0.353 e. The summed E-state index contributed by atoms with van der Waals surface area (Å²) in [5.41, 5.74) is 2.20. The van der Waals surface area contributed by atoms with Gasteiger partial charge in [0.1, 0.15) is 5.82 Å². The highest BCUT2D eigenvalue weighted by Gasteiger charge is 2.09. The molecule has 0 bridgehead atoms. The van der Waals surface area contributed by atoms with E-state index in [1.54, 1.807) is 6.20 Å². The highest BCUT2D eigenvalue weighted by atomic mass is 35.5. The smallest absolute Gasteiger partial charge is 0.133 e. The van der Waals surface area contributed by atoms with Crippen molar-refractivity contribution in [3.8, 4) is 0 Å². The topological polar surface area (TPSA) is 16.1 Å². The third-order valence-electron chi connectivity index (χ3n) is 2.15. The maximum atomic E-state index is 5.88. The molecule has 0 aromatic carbocycles. The molecule has 3 heteroatoms. The van der Waals surface area contributed by atoms with Crippen LogP contribution in [-0.2, 0) is 5.88 Å². The lowest BCUT2D eigenvalue weighted by Crippen LogP contribution is -2.26. The van der Waals surface area contributed by atoms with E-state index in [9.17, 15) is 0 Å². The highest BCUT2D eigenvalue weighted by Crippen LogP contribution is 2.19. The van der Waals surface area contributed by atoms with Crippen molar-refractivity contribution < 1.29 is 0 Å². The average molecular weight is 225 g/mol. The fourth-order valence-electron chi connectivity index (χ4n) is 1.48. The van der Waals surface area contributed by atoms with Gasteiger partial charge in [-0.25, -0.2) is 4.98 Å². The number of rotatable bonds is 5. The van der Waals surface area contributed by atoms with Crippen LogP contribution in [0.4, 0.5) is 5.82 Å². The third kappa shape index (κ3) is 3.24. The lowest BCUT2D eigenvalue weighted by Gasteiger charge is -2.23. The maximum absolute atomic E-state index is 5.88. The minimum atomic E-state index is 0.496. The van der Waals surface area contributed by atoms with E-state index in [2.05, 4.69) is 23.4 Å². The summed E-state index contributed by atoms with van der Waals surface area (Å²) in [5, 5.41) is 0. The van der Waals surface area contributed by atoms with Gasteiger partial charge in [-0.05, 0) is 19.9 Å². The Morgan fingerprint density at radius 1 is 1.60 bits per heavy atom. The zero-order valence-electron chi connectivity index (χ0n) is 9.33. The fraction of sp³-hybridized carbons (Fsp3) is 0.417. The summed E-state index contributed by atoms with van der Waals surface area (Å²) < 4.78 is 0. The van der Waals surface area contributed by atoms with Gasteiger partial charge >= 0.3 is 0 Å². The van der Waals surface area contributed by atoms with E-state index in [1.807, 2.05) is 19.1 Å². The molecule has 0 atom stereocenters. The van der Waals surface area contributed by atoms with E-state index in [0.29, 0.717) is 5.88 Å². The van der Waals surface area contributed by atoms with Crippen molar-refractivity contribution in [1.29, 1.82) is 0 Å². The van der Waals surface area contributed by atoms with Crippen molar-refractivity contribution in [2.75, 3.05) is 18.0 Å². The van der Waals surface area contributed by atoms with E-state index in [1.165, 1.54) is 0 Å². The largest absolute Gasteiger partial charge is 0.353 e. The van der Waals surface area contributed by atoms with Gasteiger partial charge in [0.05, 0.1) is 5.88 Å². The zero-order valence-corrected chi connectivity index (χ0v) is 10.1. The molecule has 0 aliphatic heterocycles. The summed E-state index contributed by atoms with van der Waals surface area (Å²) in [6, 6.07) is 3.92. The first kappa shape index (κ1) is 12.1. The van der Waals surface area contributed by atoms with Crippen molar-refractivity contribution in [1.82, 2.24) is 4.98 Å². The molecule has 0 fully saturated rings. The Balaban J connectivity index is 2.95. The third-order valence-corrected chi connectivity index (χ3v) is 2.44. The van der Waals surface area contributed by atoms with Crippen molar-refractivity contribution in [2.45, 2.75) is 19.7 Å². The molecule has 15 heavy (non-hydrogen) atoms. The van der Waals surface area contributed by atoms with E-state index >= 15 is 0 Å². The Labute approximate surface area is 96.6 Å². The molecule has 0 N–H and O–H groups in total. The van der Waals surface area contributed by atoms with Crippen molar-refractivity contribution >= 4 is 17.4 Å². The van der Waals surface area contributed by atoms with Gasteiger partial charge in [-0.15, -0.1) is 11.6 Å². The average Bonchev–Trinajstić information content (AvgIpc) is 2.25. The van der Waals surface area contributed by atoms with Gasteiger partial charge in [0.25, 0.3) is 0 Å². The van der Waals surface area contributed by atoms with Crippen molar-refractivity contribution in [3.05, 3.63) is 36.0 Å². The first-order valence-electron chi connectivity index (χ1n) is 5.08. The van der Waals surface area contributed by atoms with Gasteiger partial charge in [0, 0.05) is 24.8 Å². The van der Waals surface area contributed by atoms with Crippen LogP contribution in [0, 0.1) is 0 Å². The molecule has 0 spiro atoms. The number of anilines is 1. The Morgan fingerprint density at radius 3 is 2.87 bits per heavy atom. The molecule has 1 aromatic heterocycles. The molecule has 0 saturated heterocycles. The molecule has 1 heterocycles.